The summed E-state index contributed by atoms with van der Waals surface area (Å²) < 4.78 is 0. The van der Waals surface area contributed by atoms with Gasteiger partial charge >= 0.3 is 0 Å². The number of nitrogens with one attached hydrogen (secondary N) is 1. The highest BCUT2D eigenvalue weighted by Gasteiger charge is 2.30. The van der Waals surface area contributed by atoms with Gasteiger partial charge in [0.2, 0.25) is 5.91 Å². The Hall–Kier alpha value is -0.610. The summed E-state index contributed by atoms with van der Waals surface area (Å²) in [7, 11) is 0. The topological polar surface area (TPSA) is 52.6 Å². The van der Waals surface area contributed by atoms with Crippen LogP contribution in [0.2, 0.25) is 0 Å². The van der Waals surface area contributed by atoms with Crippen molar-refractivity contribution >= 4 is 5.91 Å². The van der Waals surface area contributed by atoms with Crippen molar-refractivity contribution in [1.82, 2.24) is 10.2 Å². The third-order valence-corrected chi connectivity index (χ3v) is 3.65. The first-order valence-electron chi connectivity index (χ1n) is 7.14. The average Bonchev–Trinajstić information content (AvgIpc) is 2.28. The van der Waals surface area contributed by atoms with Gasteiger partial charge in [0.15, 0.2) is 0 Å². The number of carbonyl (C=O) groups excluding carboxylic acids is 1. The fourth-order valence-corrected chi connectivity index (χ4v) is 2.55. The third kappa shape index (κ3) is 4.58. The van der Waals surface area contributed by atoms with E-state index in [1.54, 1.807) is 0 Å². The van der Waals surface area contributed by atoms with Crippen LogP contribution in [0, 0.1) is 11.8 Å². The van der Waals surface area contributed by atoms with Crippen LogP contribution in [0.3, 0.4) is 0 Å². The first-order chi connectivity index (χ1) is 8.43. The molecule has 0 radical (unpaired) electrons. The van der Waals surface area contributed by atoms with Crippen molar-refractivity contribution in [2.24, 2.45) is 11.8 Å². The maximum absolute atomic E-state index is 11.8. The van der Waals surface area contributed by atoms with E-state index in [4.69, 9.17) is 0 Å². The second-order valence-corrected chi connectivity index (χ2v) is 5.86. The predicted octanol–water partition coefficient (Wildman–Crippen LogP) is 1.24. The van der Waals surface area contributed by atoms with E-state index in [-0.39, 0.29) is 29.9 Å². The van der Waals surface area contributed by atoms with Gasteiger partial charge in [0.05, 0.1) is 6.10 Å². The van der Waals surface area contributed by atoms with Crippen LogP contribution in [-0.2, 0) is 4.79 Å². The fourth-order valence-electron chi connectivity index (χ4n) is 2.55. The van der Waals surface area contributed by atoms with Crippen molar-refractivity contribution in [3.63, 3.8) is 0 Å². The molecule has 3 unspecified atom stereocenters. The summed E-state index contributed by atoms with van der Waals surface area (Å²) in [6, 6.07) is 0.180. The molecule has 0 spiro atoms. The molecule has 106 valence electrons. The van der Waals surface area contributed by atoms with E-state index in [2.05, 4.69) is 17.1 Å². The van der Waals surface area contributed by atoms with Crippen molar-refractivity contribution in [2.45, 2.75) is 52.7 Å². The lowest BCUT2D eigenvalue weighted by molar-refractivity contribution is -0.125. The molecular weight excluding hydrogens is 228 g/mol. The van der Waals surface area contributed by atoms with Gasteiger partial charge < -0.3 is 15.3 Å². The van der Waals surface area contributed by atoms with Crippen LogP contribution in [0.25, 0.3) is 0 Å². The van der Waals surface area contributed by atoms with Gasteiger partial charge in [-0.3, -0.25) is 4.79 Å². The molecule has 1 rings (SSSR count). The van der Waals surface area contributed by atoms with Gasteiger partial charge in [-0.1, -0.05) is 20.8 Å². The number of nitrogens with zero attached hydrogens (tertiary/aromatic N) is 1. The highest BCUT2D eigenvalue weighted by atomic mass is 16.3. The largest absolute Gasteiger partial charge is 0.393 e. The lowest BCUT2D eigenvalue weighted by Gasteiger charge is -2.39. The van der Waals surface area contributed by atoms with Crippen molar-refractivity contribution in [3.05, 3.63) is 0 Å². The van der Waals surface area contributed by atoms with E-state index < -0.39 is 0 Å². The molecule has 0 aromatic rings. The van der Waals surface area contributed by atoms with Gasteiger partial charge in [-0.05, 0) is 32.2 Å². The predicted molar refractivity (Wildman–Crippen MR) is 73.3 cm³/mol. The molecule has 0 aromatic heterocycles. The zero-order valence-corrected chi connectivity index (χ0v) is 12.1. The van der Waals surface area contributed by atoms with Crippen molar-refractivity contribution < 1.29 is 9.90 Å². The second kappa shape index (κ2) is 7.10. The Bertz CT molecular complexity index is 267. The van der Waals surface area contributed by atoms with E-state index >= 15 is 0 Å². The zero-order valence-electron chi connectivity index (χ0n) is 12.1. The number of aliphatic hydroxyl groups excluding tert-OH is 1. The van der Waals surface area contributed by atoms with Crippen molar-refractivity contribution in [1.29, 1.82) is 0 Å². The van der Waals surface area contributed by atoms with Crippen LogP contribution in [-0.4, -0.2) is 47.7 Å². The molecule has 0 bridgehead atoms. The number of piperidine rings is 1. The molecule has 1 aliphatic heterocycles. The smallest absolute Gasteiger partial charge is 0.222 e. The molecule has 0 aromatic carbocycles. The summed E-state index contributed by atoms with van der Waals surface area (Å²) in [4.78, 5) is 14.1. The summed E-state index contributed by atoms with van der Waals surface area (Å²) in [5, 5.41) is 12.9. The zero-order chi connectivity index (χ0) is 13.7. The third-order valence-electron chi connectivity index (χ3n) is 3.65. The molecule has 4 nitrogen and oxygen atoms in total. The maximum Gasteiger partial charge on any atom is 0.222 e. The molecule has 1 amide bonds. The number of likely N-dealkylation sites (tertiary alicyclic amines) is 1. The first-order valence-corrected chi connectivity index (χ1v) is 7.14. The van der Waals surface area contributed by atoms with Gasteiger partial charge in [-0.2, -0.15) is 0 Å². The molecule has 3 atom stereocenters. The second-order valence-electron chi connectivity index (χ2n) is 5.86. The van der Waals surface area contributed by atoms with Crippen LogP contribution < -0.4 is 5.32 Å². The number of rotatable bonds is 5. The van der Waals surface area contributed by atoms with E-state index in [1.165, 1.54) is 0 Å². The lowest BCUT2D eigenvalue weighted by Crippen LogP contribution is -2.53. The number of hydrogen-bond donors (Lipinski definition) is 2. The van der Waals surface area contributed by atoms with Crippen molar-refractivity contribution in [2.75, 3.05) is 19.6 Å². The van der Waals surface area contributed by atoms with Crippen LogP contribution in [0.5, 0.6) is 0 Å². The molecule has 1 saturated heterocycles. The van der Waals surface area contributed by atoms with Crippen molar-refractivity contribution in [3.8, 4) is 0 Å². The normalized spacial score (nSPS) is 27.2. The molecule has 0 aliphatic carbocycles. The molecule has 4 heteroatoms. The van der Waals surface area contributed by atoms with Gasteiger partial charge in [-0.15, -0.1) is 0 Å². The standard InChI is InChI=1S/C14H28N2O2/c1-5-6-16-8-12(11(4)17)7-13(9-16)15-14(18)10(2)3/h10-13,17H,5-9H2,1-4H3,(H,15,18). The van der Waals surface area contributed by atoms with Gasteiger partial charge in [0.1, 0.15) is 0 Å². The maximum atomic E-state index is 11.8. The number of amides is 1. The Balaban J connectivity index is 2.58. The van der Waals surface area contributed by atoms with Gasteiger partial charge in [0, 0.05) is 25.0 Å². The molecule has 18 heavy (non-hydrogen) atoms. The van der Waals surface area contributed by atoms with Crippen LogP contribution in [0.4, 0.5) is 0 Å². The SMILES string of the molecule is CCCN1CC(NC(=O)C(C)C)CC(C(C)O)C1. The van der Waals surface area contributed by atoms with E-state index in [9.17, 15) is 9.90 Å². The Labute approximate surface area is 111 Å². The average molecular weight is 256 g/mol. The van der Waals surface area contributed by atoms with E-state index in [1.807, 2.05) is 20.8 Å². The Morgan fingerprint density at radius 1 is 1.39 bits per heavy atom. The highest BCUT2D eigenvalue weighted by Crippen LogP contribution is 2.20. The molecule has 1 aliphatic rings. The summed E-state index contributed by atoms with van der Waals surface area (Å²) in [5.41, 5.74) is 0. The van der Waals surface area contributed by atoms with E-state index in [0.717, 1.165) is 32.5 Å². The summed E-state index contributed by atoms with van der Waals surface area (Å²) >= 11 is 0. The summed E-state index contributed by atoms with van der Waals surface area (Å²) in [5.74, 6) is 0.405. The lowest BCUT2D eigenvalue weighted by atomic mass is 9.90. The number of carbonyl (C=O) groups is 1. The number of aliphatic hydroxyl groups is 1. The molecular formula is C14H28N2O2. The van der Waals surface area contributed by atoms with E-state index in [0.29, 0.717) is 0 Å². The molecule has 1 heterocycles. The fraction of sp³-hybridized carbons (Fsp3) is 0.929. The van der Waals surface area contributed by atoms with Gasteiger partial charge in [0.25, 0.3) is 0 Å². The van der Waals surface area contributed by atoms with Crippen LogP contribution in [0.1, 0.15) is 40.5 Å². The quantitative estimate of drug-likeness (QED) is 0.778. The Morgan fingerprint density at radius 2 is 2.06 bits per heavy atom. The number of hydrogen-bond acceptors (Lipinski definition) is 3. The van der Waals surface area contributed by atoms with Gasteiger partial charge in [-0.25, -0.2) is 0 Å². The summed E-state index contributed by atoms with van der Waals surface area (Å²) in [6.07, 6.45) is 1.69. The van der Waals surface area contributed by atoms with Crippen LogP contribution in [0.15, 0.2) is 0 Å². The Morgan fingerprint density at radius 3 is 2.56 bits per heavy atom. The monoisotopic (exact) mass is 256 g/mol. The molecule has 1 fully saturated rings. The minimum atomic E-state index is -0.303. The Kier molecular flexibility index (Phi) is 6.09. The molecule has 0 saturated carbocycles. The first kappa shape index (κ1) is 15.4. The minimum absolute atomic E-state index is 0.0246. The minimum Gasteiger partial charge on any atom is -0.393 e. The highest BCUT2D eigenvalue weighted by molar-refractivity contribution is 5.78. The molecule has 2 N–H and O–H groups in total. The van der Waals surface area contributed by atoms with Crippen LogP contribution >= 0.6 is 0 Å². The summed E-state index contributed by atoms with van der Waals surface area (Å²) in [6.45, 7) is 10.7.